The van der Waals surface area contributed by atoms with Gasteiger partial charge in [-0.2, -0.15) is 0 Å². The number of carbonyl (C=O) groups excluding carboxylic acids is 1. The van der Waals surface area contributed by atoms with Gasteiger partial charge in [0.15, 0.2) is 0 Å². The van der Waals surface area contributed by atoms with E-state index in [4.69, 9.17) is 4.74 Å². The second-order valence-corrected chi connectivity index (χ2v) is 6.52. The van der Waals surface area contributed by atoms with E-state index in [-0.39, 0.29) is 0 Å². The second kappa shape index (κ2) is 11.2. The molecule has 24 heavy (non-hydrogen) atoms. The van der Waals surface area contributed by atoms with Gasteiger partial charge in [-0.1, -0.05) is 37.3 Å². The molecule has 0 spiro atoms. The van der Waals surface area contributed by atoms with E-state index < -0.39 is 0 Å². The maximum Gasteiger partial charge on any atom is 0.222 e. The van der Waals surface area contributed by atoms with Crippen LogP contribution in [0.3, 0.4) is 0 Å². The fourth-order valence-corrected chi connectivity index (χ4v) is 3.28. The number of ether oxygens (including phenoxy) is 1. The van der Waals surface area contributed by atoms with Gasteiger partial charge >= 0.3 is 0 Å². The summed E-state index contributed by atoms with van der Waals surface area (Å²) in [5.41, 5.74) is 1.30. The average molecular weight is 332 g/mol. The first-order valence-corrected chi connectivity index (χ1v) is 9.43. The Hall–Kier alpha value is -1.39. The third-order valence-electron chi connectivity index (χ3n) is 4.59. The molecule has 1 N–H and O–H groups in total. The van der Waals surface area contributed by atoms with Gasteiger partial charge in [-0.3, -0.25) is 4.79 Å². The highest BCUT2D eigenvalue weighted by atomic mass is 16.5. The number of amides is 1. The molecule has 0 aromatic heterocycles. The zero-order valence-electron chi connectivity index (χ0n) is 15.0. The number of carbonyl (C=O) groups is 1. The fraction of sp³-hybridized carbons (Fsp3) is 0.650. The summed E-state index contributed by atoms with van der Waals surface area (Å²) in [4.78, 5) is 14.7. The molecule has 1 aliphatic rings. The van der Waals surface area contributed by atoms with Gasteiger partial charge in [-0.05, 0) is 50.8 Å². The van der Waals surface area contributed by atoms with Gasteiger partial charge in [0.1, 0.15) is 0 Å². The summed E-state index contributed by atoms with van der Waals surface area (Å²) in [6, 6.07) is 10.8. The summed E-state index contributed by atoms with van der Waals surface area (Å²) in [6.07, 6.45) is 5.56. The number of nitrogens with one attached hydrogen (secondary N) is 1. The highest BCUT2D eigenvalue weighted by Crippen LogP contribution is 2.14. The van der Waals surface area contributed by atoms with Crippen LogP contribution in [0.4, 0.5) is 0 Å². The maximum absolute atomic E-state index is 12.5. The van der Waals surface area contributed by atoms with Gasteiger partial charge in [0, 0.05) is 25.6 Å². The van der Waals surface area contributed by atoms with E-state index in [0.717, 1.165) is 58.3 Å². The van der Waals surface area contributed by atoms with Crippen molar-refractivity contribution in [2.75, 3.05) is 32.8 Å². The molecular formula is C20H32N2O2. The Balaban J connectivity index is 1.61. The molecule has 1 aromatic rings. The Labute approximate surface area is 146 Å². The molecule has 0 unspecified atom stereocenters. The van der Waals surface area contributed by atoms with Crippen molar-refractivity contribution in [1.82, 2.24) is 10.2 Å². The molecule has 0 atom stereocenters. The lowest BCUT2D eigenvalue weighted by Crippen LogP contribution is -2.46. The quantitative estimate of drug-likeness (QED) is 0.670. The predicted octanol–water partition coefficient (Wildman–Crippen LogP) is 3.02. The summed E-state index contributed by atoms with van der Waals surface area (Å²) in [6.45, 7) is 6.49. The van der Waals surface area contributed by atoms with Crippen molar-refractivity contribution in [3.63, 3.8) is 0 Å². The molecule has 1 fully saturated rings. The molecule has 0 aliphatic carbocycles. The lowest BCUT2D eigenvalue weighted by atomic mass is 10.0. The van der Waals surface area contributed by atoms with Gasteiger partial charge in [-0.15, -0.1) is 0 Å². The number of hydrogen-bond acceptors (Lipinski definition) is 3. The number of hydrogen-bond donors (Lipinski definition) is 1. The van der Waals surface area contributed by atoms with Crippen LogP contribution in [0.15, 0.2) is 30.3 Å². The Kier molecular flexibility index (Phi) is 8.85. The highest BCUT2D eigenvalue weighted by Gasteiger charge is 2.23. The Morgan fingerprint density at radius 1 is 1.21 bits per heavy atom. The van der Waals surface area contributed by atoms with Crippen LogP contribution < -0.4 is 5.32 Å². The standard InChI is InChI=1S/C20H32N2O2/c1-2-15-22(19-10-13-21-14-11-19)20(23)9-6-16-24-17-12-18-7-4-3-5-8-18/h3-5,7-8,19,21H,2,6,9-17H2,1H3. The van der Waals surface area contributed by atoms with Crippen molar-refractivity contribution in [1.29, 1.82) is 0 Å². The normalized spacial score (nSPS) is 15.4. The van der Waals surface area contributed by atoms with Crippen LogP contribution in [-0.2, 0) is 16.0 Å². The fourth-order valence-electron chi connectivity index (χ4n) is 3.28. The Bertz CT molecular complexity index is 458. The summed E-state index contributed by atoms with van der Waals surface area (Å²) < 4.78 is 5.69. The van der Waals surface area contributed by atoms with Crippen LogP contribution in [0.2, 0.25) is 0 Å². The van der Waals surface area contributed by atoms with E-state index in [9.17, 15) is 4.79 Å². The van der Waals surface area contributed by atoms with Crippen LogP contribution in [0.5, 0.6) is 0 Å². The Morgan fingerprint density at radius 3 is 2.67 bits per heavy atom. The van der Waals surface area contributed by atoms with Crippen molar-refractivity contribution in [2.24, 2.45) is 0 Å². The minimum atomic E-state index is 0.301. The topological polar surface area (TPSA) is 41.6 Å². The van der Waals surface area contributed by atoms with E-state index in [1.165, 1.54) is 5.56 Å². The van der Waals surface area contributed by atoms with E-state index in [2.05, 4.69) is 41.4 Å². The van der Waals surface area contributed by atoms with E-state index in [1.807, 2.05) is 6.07 Å². The SMILES string of the molecule is CCCN(C(=O)CCCOCCc1ccccc1)C1CCNCC1. The maximum atomic E-state index is 12.5. The summed E-state index contributed by atoms with van der Waals surface area (Å²) >= 11 is 0. The summed E-state index contributed by atoms with van der Waals surface area (Å²) in [7, 11) is 0. The van der Waals surface area contributed by atoms with Crippen molar-refractivity contribution >= 4 is 5.91 Å². The third kappa shape index (κ3) is 6.62. The zero-order valence-corrected chi connectivity index (χ0v) is 15.0. The van der Waals surface area contributed by atoms with Crippen LogP contribution >= 0.6 is 0 Å². The van der Waals surface area contributed by atoms with Gasteiger partial charge in [0.25, 0.3) is 0 Å². The van der Waals surface area contributed by atoms with Gasteiger partial charge in [0.05, 0.1) is 6.61 Å². The first-order chi connectivity index (χ1) is 11.8. The average Bonchev–Trinajstić information content (AvgIpc) is 2.64. The molecule has 4 heteroatoms. The molecular weight excluding hydrogens is 300 g/mol. The Morgan fingerprint density at radius 2 is 1.96 bits per heavy atom. The minimum Gasteiger partial charge on any atom is -0.381 e. The highest BCUT2D eigenvalue weighted by molar-refractivity contribution is 5.76. The lowest BCUT2D eigenvalue weighted by molar-refractivity contribution is -0.134. The molecule has 0 radical (unpaired) electrons. The monoisotopic (exact) mass is 332 g/mol. The van der Waals surface area contributed by atoms with E-state index >= 15 is 0 Å². The first-order valence-electron chi connectivity index (χ1n) is 9.43. The molecule has 1 aliphatic heterocycles. The molecule has 0 bridgehead atoms. The molecule has 1 aromatic carbocycles. The smallest absolute Gasteiger partial charge is 0.222 e. The van der Waals surface area contributed by atoms with E-state index in [1.54, 1.807) is 0 Å². The lowest BCUT2D eigenvalue weighted by Gasteiger charge is -2.34. The van der Waals surface area contributed by atoms with Crippen LogP contribution in [0, 0.1) is 0 Å². The predicted molar refractivity (Wildman–Crippen MR) is 98.1 cm³/mol. The number of nitrogens with zero attached hydrogens (tertiary/aromatic N) is 1. The molecule has 134 valence electrons. The van der Waals surface area contributed by atoms with Crippen molar-refractivity contribution in [2.45, 2.75) is 51.5 Å². The van der Waals surface area contributed by atoms with Crippen molar-refractivity contribution < 1.29 is 9.53 Å². The number of benzene rings is 1. The number of piperidine rings is 1. The molecule has 1 saturated heterocycles. The molecule has 0 saturated carbocycles. The van der Waals surface area contributed by atoms with Crippen LogP contribution in [0.25, 0.3) is 0 Å². The minimum absolute atomic E-state index is 0.301. The molecule has 2 rings (SSSR count). The third-order valence-corrected chi connectivity index (χ3v) is 4.59. The zero-order chi connectivity index (χ0) is 17.0. The van der Waals surface area contributed by atoms with Crippen LogP contribution in [-0.4, -0.2) is 49.7 Å². The molecule has 1 heterocycles. The first kappa shape index (κ1) is 18.9. The largest absolute Gasteiger partial charge is 0.381 e. The van der Waals surface area contributed by atoms with Crippen LogP contribution in [0.1, 0.15) is 44.6 Å². The summed E-state index contributed by atoms with van der Waals surface area (Å²) in [5, 5.41) is 3.37. The van der Waals surface area contributed by atoms with Gasteiger partial charge in [-0.25, -0.2) is 0 Å². The van der Waals surface area contributed by atoms with Crippen molar-refractivity contribution in [3.05, 3.63) is 35.9 Å². The second-order valence-electron chi connectivity index (χ2n) is 6.52. The van der Waals surface area contributed by atoms with Gasteiger partial charge in [0.2, 0.25) is 5.91 Å². The molecule has 1 amide bonds. The van der Waals surface area contributed by atoms with Crippen molar-refractivity contribution in [3.8, 4) is 0 Å². The van der Waals surface area contributed by atoms with Gasteiger partial charge < -0.3 is 15.0 Å². The number of rotatable bonds is 10. The molecule has 4 nitrogen and oxygen atoms in total. The van der Waals surface area contributed by atoms with E-state index in [0.29, 0.717) is 25.0 Å². The summed E-state index contributed by atoms with van der Waals surface area (Å²) in [5.74, 6) is 0.301.